The van der Waals surface area contributed by atoms with Gasteiger partial charge < -0.3 is 10.4 Å². The number of nitrogens with one attached hydrogen (secondary N) is 1. The van der Waals surface area contributed by atoms with Crippen LogP contribution in [-0.4, -0.2) is 34.3 Å². The standard InChI is InChI=1S/C8H6F4N2O3S/c9-6(10)8(11,12)7(17)13-1-4-14-3(2-18-4)5(15)16/h2,6H,1H2,(H,13,17)(H,15,16). The molecule has 100 valence electrons. The molecule has 0 saturated carbocycles. The number of aromatic nitrogens is 1. The van der Waals surface area contributed by atoms with E-state index in [0.717, 1.165) is 16.7 Å². The van der Waals surface area contributed by atoms with E-state index in [-0.39, 0.29) is 10.7 Å². The van der Waals surface area contributed by atoms with Crippen LogP contribution in [0.4, 0.5) is 17.6 Å². The quantitative estimate of drug-likeness (QED) is 0.801. The van der Waals surface area contributed by atoms with Crippen molar-refractivity contribution in [3.8, 4) is 0 Å². The van der Waals surface area contributed by atoms with Crippen molar-refractivity contribution < 1.29 is 32.3 Å². The van der Waals surface area contributed by atoms with Crippen LogP contribution in [0, 0.1) is 0 Å². The largest absolute Gasteiger partial charge is 0.476 e. The number of rotatable bonds is 5. The molecule has 2 N–H and O–H groups in total. The highest BCUT2D eigenvalue weighted by Gasteiger charge is 2.48. The molecule has 0 unspecified atom stereocenters. The topological polar surface area (TPSA) is 79.3 Å². The average Bonchev–Trinajstić information content (AvgIpc) is 2.74. The first-order valence-electron chi connectivity index (χ1n) is 4.37. The predicted molar refractivity (Wildman–Crippen MR) is 51.9 cm³/mol. The predicted octanol–water partition coefficient (Wildman–Crippen LogP) is 1.36. The first-order valence-corrected chi connectivity index (χ1v) is 5.25. The number of halogens is 4. The maximum Gasteiger partial charge on any atom is 0.383 e. The van der Waals surface area contributed by atoms with Crippen LogP contribution in [0.15, 0.2) is 5.38 Å². The van der Waals surface area contributed by atoms with Gasteiger partial charge in [0.2, 0.25) is 0 Å². The maximum absolute atomic E-state index is 12.5. The summed E-state index contributed by atoms with van der Waals surface area (Å²) in [7, 11) is 0. The molecule has 10 heteroatoms. The van der Waals surface area contributed by atoms with Gasteiger partial charge in [0.05, 0.1) is 6.54 Å². The zero-order valence-electron chi connectivity index (χ0n) is 8.49. The fourth-order valence-electron chi connectivity index (χ4n) is 0.863. The van der Waals surface area contributed by atoms with Crippen LogP contribution >= 0.6 is 11.3 Å². The number of carbonyl (C=O) groups excluding carboxylic acids is 1. The molecule has 1 aromatic rings. The van der Waals surface area contributed by atoms with Crippen LogP contribution in [-0.2, 0) is 11.3 Å². The van der Waals surface area contributed by atoms with Gasteiger partial charge in [0.1, 0.15) is 5.01 Å². The van der Waals surface area contributed by atoms with E-state index in [2.05, 4.69) is 4.98 Å². The molecule has 1 heterocycles. The molecule has 1 amide bonds. The minimum atomic E-state index is -4.78. The van der Waals surface area contributed by atoms with E-state index in [1.807, 2.05) is 0 Å². The van der Waals surface area contributed by atoms with Gasteiger partial charge in [-0.2, -0.15) is 8.78 Å². The van der Waals surface area contributed by atoms with Gasteiger partial charge in [-0.05, 0) is 0 Å². The molecule has 0 saturated heterocycles. The fourth-order valence-corrected chi connectivity index (χ4v) is 1.57. The van der Waals surface area contributed by atoms with E-state index < -0.39 is 30.8 Å². The van der Waals surface area contributed by atoms with Gasteiger partial charge in [-0.1, -0.05) is 0 Å². The van der Waals surface area contributed by atoms with Gasteiger partial charge in [0.25, 0.3) is 5.91 Å². The van der Waals surface area contributed by atoms with Crippen LogP contribution in [0.1, 0.15) is 15.5 Å². The van der Waals surface area contributed by atoms with Crippen molar-refractivity contribution in [2.24, 2.45) is 0 Å². The van der Waals surface area contributed by atoms with E-state index in [9.17, 15) is 27.2 Å². The van der Waals surface area contributed by atoms with Crippen LogP contribution in [0.3, 0.4) is 0 Å². The highest BCUT2D eigenvalue weighted by Crippen LogP contribution is 2.23. The monoisotopic (exact) mass is 286 g/mol. The minimum absolute atomic E-state index is 0.0193. The normalized spacial score (nSPS) is 11.6. The lowest BCUT2D eigenvalue weighted by Crippen LogP contribution is -2.44. The van der Waals surface area contributed by atoms with Gasteiger partial charge in [-0.25, -0.2) is 18.6 Å². The lowest BCUT2D eigenvalue weighted by Gasteiger charge is -2.13. The average molecular weight is 286 g/mol. The highest BCUT2D eigenvalue weighted by molar-refractivity contribution is 7.09. The fraction of sp³-hybridized carbons (Fsp3) is 0.375. The minimum Gasteiger partial charge on any atom is -0.476 e. The molecule has 0 fully saturated rings. The van der Waals surface area contributed by atoms with E-state index in [1.165, 1.54) is 0 Å². The van der Waals surface area contributed by atoms with Gasteiger partial charge >= 0.3 is 18.3 Å². The number of nitrogens with zero attached hydrogens (tertiary/aromatic N) is 1. The molecule has 0 aromatic carbocycles. The van der Waals surface area contributed by atoms with Gasteiger partial charge in [-0.3, -0.25) is 4.79 Å². The second-order valence-electron chi connectivity index (χ2n) is 3.04. The summed E-state index contributed by atoms with van der Waals surface area (Å²) in [6, 6.07) is 0. The molecule has 0 spiro atoms. The van der Waals surface area contributed by atoms with E-state index >= 15 is 0 Å². The highest BCUT2D eigenvalue weighted by atomic mass is 32.1. The summed E-state index contributed by atoms with van der Waals surface area (Å²) in [6.45, 7) is -0.543. The van der Waals surface area contributed by atoms with Crippen molar-refractivity contribution >= 4 is 23.2 Å². The van der Waals surface area contributed by atoms with E-state index in [0.29, 0.717) is 0 Å². The van der Waals surface area contributed by atoms with Crippen LogP contribution in [0.2, 0.25) is 0 Å². The van der Waals surface area contributed by atoms with Crippen molar-refractivity contribution in [2.45, 2.75) is 18.9 Å². The number of alkyl halides is 4. The molecule has 5 nitrogen and oxygen atoms in total. The summed E-state index contributed by atoms with van der Waals surface area (Å²) in [5.74, 6) is -8.24. The Labute approximate surface area is 101 Å². The number of thiazole rings is 1. The van der Waals surface area contributed by atoms with Crippen molar-refractivity contribution in [1.82, 2.24) is 10.3 Å². The second-order valence-corrected chi connectivity index (χ2v) is 3.98. The molecule has 0 bridgehead atoms. The molecule has 1 rings (SSSR count). The molecule has 0 radical (unpaired) electrons. The Bertz CT molecular complexity index is 463. The molecule has 18 heavy (non-hydrogen) atoms. The van der Waals surface area contributed by atoms with Crippen LogP contribution in [0.5, 0.6) is 0 Å². The van der Waals surface area contributed by atoms with Crippen molar-refractivity contribution in [3.63, 3.8) is 0 Å². The summed E-state index contributed by atoms with van der Waals surface area (Å²) in [4.78, 5) is 24.7. The third kappa shape index (κ3) is 3.15. The second kappa shape index (κ2) is 5.29. The smallest absolute Gasteiger partial charge is 0.383 e. The van der Waals surface area contributed by atoms with Gasteiger partial charge in [0, 0.05) is 5.38 Å². The summed E-state index contributed by atoms with van der Waals surface area (Å²) in [6.07, 6.45) is -4.11. The molecule has 0 aliphatic carbocycles. The molecule has 1 aromatic heterocycles. The van der Waals surface area contributed by atoms with Crippen LogP contribution < -0.4 is 5.32 Å². The molecule has 0 aliphatic heterocycles. The van der Waals surface area contributed by atoms with Crippen molar-refractivity contribution in [3.05, 3.63) is 16.1 Å². The summed E-state index contributed by atoms with van der Waals surface area (Å²) < 4.78 is 48.6. The Kier molecular flexibility index (Phi) is 4.22. The maximum atomic E-state index is 12.5. The molecular weight excluding hydrogens is 280 g/mol. The van der Waals surface area contributed by atoms with Gasteiger partial charge in [-0.15, -0.1) is 11.3 Å². The Morgan fingerprint density at radius 3 is 2.56 bits per heavy atom. The SMILES string of the molecule is O=C(O)c1csc(CNC(=O)C(F)(F)C(F)F)n1. The first kappa shape index (κ1) is 14.4. The van der Waals surface area contributed by atoms with E-state index in [4.69, 9.17) is 5.11 Å². The molecule has 0 atom stereocenters. The number of carboxylic acids is 1. The number of aromatic carboxylic acids is 1. The van der Waals surface area contributed by atoms with Crippen molar-refractivity contribution in [2.75, 3.05) is 0 Å². The Morgan fingerprint density at radius 1 is 1.50 bits per heavy atom. The third-order valence-corrected chi connectivity index (χ3v) is 2.60. The lowest BCUT2D eigenvalue weighted by molar-refractivity contribution is -0.169. The third-order valence-electron chi connectivity index (χ3n) is 1.75. The molecular formula is C8H6F4N2O3S. The molecule has 0 aliphatic rings. The van der Waals surface area contributed by atoms with Crippen molar-refractivity contribution in [1.29, 1.82) is 0 Å². The summed E-state index contributed by atoms with van der Waals surface area (Å²) in [5.41, 5.74) is -0.315. The number of hydrogen-bond acceptors (Lipinski definition) is 4. The van der Waals surface area contributed by atoms with Gasteiger partial charge in [0.15, 0.2) is 5.69 Å². The summed E-state index contributed by atoms with van der Waals surface area (Å²) >= 11 is 0.800. The Morgan fingerprint density at radius 2 is 2.11 bits per heavy atom. The number of carbonyl (C=O) groups is 2. The zero-order valence-corrected chi connectivity index (χ0v) is 9.31. The zero-order chi connectivity index (χ0) is 13.9. The van der Waals surface area contributed by atoms with E-state index in [1.54, 1.807) is 5.32 Å². The number of hydrogen-bond donors (Lipinski definition) is 2. The number of amides is 1. The van der Waals surface area contributed by atoms with Crippen LogP contribution in [0.25, 0.3) is 0 Å². The Hall–Kier alpha value is -1.71. The first-order chi connectivity index (χ1) is 8.25. The lowest BCUT2D eigenvalue weighted by atomic mass is 10.3. The number of carboxylic acid groups (broad SMARTS) is 1. The Balaban J connectivity index is 2.60. The summed E-state index contributed by atoms with van der Waals surface area (Å²) in [5, 5.41) is 11.2.